The van der Waals surface area contributed by atoms with Crippen LogP contribution in [0.2, 0.25) is 0 Å². The van der Waals surface area contributed by atoms with Crippen LogP contribution in [0.1, 0.15) is 66.4 Å². The highest BCUT2D eigenvalue weighted by atomic mass is 16.6. The highest BCUT2D eigenvalue weighted by Crippen LogP contribution is 2.64. The zero-order chi connectivity index (χ0) is 29.0. The SMILES string of the molecule is CC(=O)O[C@H]1[C@H]2[C@@H](OC(=O)Cc3ccccc3)[C@@H](C)C[C@]2(OC(C)=O)C(=O)/C(C)=C/[C@@H]2[C@H](CC[C@@]13CO3)C2(C)C. The molecule has 0 bridgehead atoms. The maximum atomic E-state index is 14.5. The van der Waals surface area contributed by atoms with E-state index in [9.17, 15) is 19.2 Å². The number of ketones is 1. The molecule has 0 radical (unpaired) electrons. The van der Waals surface area contributed by atoms with E-state index >= 15 is 0 Å². The fraction of sp³-hybridized carbons (Fsp3) is 0.625. The minimum Gasteiger partial charge on any atom is -0.461 e. The Morgan fingerprint density at radius 1 is 1.05 bits per heavy atom. The predicted molar refractivity (Wildman–Crippen MR) is 145 cm³/mol. The molecule has 0 amide bonds. The van der Waals surface area contributed by atoms with Crippen molar-refractivity contribution in [2.75, 3.05) is 6.61 Å². The molecule has 1 aromatic rings. The molecule has 1 heterocycles. The first kappa shape index (κ1) is 28.5. The minimum atomic E-state index is -1.68. The van der Waals surface area contributed by atoms with Gasteiger partial charge in [0.15, 0.2) is 5.60 Å². The first-order valence-corrected chi connectivity index (χ1v) is 14.3. The average Bonchev–Trinajstić information content (AvgIpc) is 3.73. The molecule has 1 spiro atoms. The Hall–Kier alpha value is -3.00. The second kappa shape index (κ2) is 10.1. The summed E-state index contributed by atoms with van der Waals surface area (Å²) < 4.78 is 24.2. The van der Waals surface area contributed by atoms with Crippen LogP contribution in [0.15, 0.2) is 42.0 Å². The number of carbonyl (C=O) groups excluding carboxylic acids is 4. The second-order valence-electron chi connectivity index (χ2n) is 12.9. The third-order valence-electron chi connectivity index (χ3n) is 9.71. The Bertz CT molecular complexity index is 1230. The standard InChI is InChI=1S/C32H40O8/c1-18-14-24-23(30(24,5)6)12-13-31(17-37-31)29(38-20(3)33)26-27(39-25(35)15-22-10-8-7-9-11-22)19(2)16-32(26,28(18)36)40-21(4)34/h7-11,14,19,23-24,26-27,29H,12-13,15-17H2,1-6H3/b18-14+/t19-,23-,24+,26+,27-,29-,31+,32+/m0/s1. The van der Waals surface area contributed by atoms with E-state index in [0.717, 1.165) is 12.0 Å². The number of Topliss-reactive ketones (excluding diaryl/α,β-unsaturated/α-hetero) is 1. The summed E-state index contributed by atoms with van der Waals surface area (Å²) in [4.78, 5) is 52.9. The summed E-state index contributed by atoms with van der Waals surface area (Å²) in [6.07, 6.45) is 1.85. The van der Waals surface area contributed by atoms with Crippen molar-refractivity contribution >= 4 is 23.7 Å². The first-order chi connectivity index (χ1) is 18.8. The van der Waals surface area contributed by atoms with Gasteiger partial charge >= 0.3 is 17.9 Å². The second-order valence-corrected chi connectivity index (χ2v) is 12.9. The number of fused-ring (bicyclic) bond motifs is 2. The van der Waals surface area contributed by atoms with Crippen molar-refractivity contribution in [2.24, 2.45) is 29.1 Å². The van der Waals surface area contributed by atoms with Crippen LogP contribution in [-0.4, -0.2) is 53.7 Å². The zero-order valence-electron chi connectivity index (χ0n) is 24.2. The van der Waals surface area contributed by atoms with E-state index in [1.807, 2.05) is 43.3 Å². The van der Waals surface area contributed by atoms with Gasteiger partial charge in [-0.2, -0.15) is 0 Å². The number of ether oxygens (including phenoxy) is 4. The lowest BCUT2D eigenvalue weighted by molar-refractivity contribution is -0.190. The third-order valence-corrected chi connectivity index (χ3v) is 9.71. The molecule has 3 fully saturated rings. The fourth-order valence-corrected chi connectivity index (χ4v) is 7.55. The molecule has 5 rings (SSSR count). The summed E-state index contributed by atoms with van der Waals surface area (Å²) in [7, 11) is 0. The van der Waals surface area contributed by atoms with Gasteiger partial charge < -0.3 is 18.9 Å². The monoisotopic (exact) mass is 552 g/mol. The smallest absolute Gasteiger partial charge is 0.310 e. The van der Waals surface area contributed by atoms with Gasteiger partial charge in [-0.15, -0.1) is 0 Å². The molecule has 1 aromatic carbocycles. The van der Waals surface area contributed by atoms with Crippen LogP contribution in [0.5, 0.6) is 0 Å². The van der Waals surface area contributed by atoms with E-state index in [0.29, 0.717) is 24.5 Å². The maximum absolute atomic E-state index is 14.5. The Morgan fingerprint density at radius 3 is 2.33 bits per heavy atom. The molecule has 0 aromatic heterocycles. The van der Waals surface area contributed by atoms with Crippen molar-refractivity contribution in [2.45, 2.75) is 90.6 Å². The number of esters is 3. The molecule has 8 nitrogen and oxygen atoms in total. The lowest BCUT2D eigenvalue weighted by atomic mass is 9.74. The van der Waals surface area contributed by atoms with Gasteiger partial charge in [0.1, 0.15) is 17.8 Å². The summed E-state index contributed by atoms with van der Waals surface area (Å²) >= 11 is 0. The molecule has 40 heavy (non-hydrogen) atoms. The molecule has 1 aliphatic heterocycles. The van der Waals surface area contributed by atoms with Crippen LogP contribution in [0, 0.1) is 29.1 Å². The summed E-state index contributed by atoms with van der Waals surface area (Å²) in [6.45, 7) is 11.0. The summed E-state index contributed by atoms with van der Waals surface area (Å²) in [5.74, 6) is -2.72. The van der Waals surface area contributed by atoms with E-state index in [4.69, 9.17) is 18.9 Å². The molecule has 216 valence electrons. The first-order valence-electron chi connectivity index (χ1n) is 14.3. The topological polar surface area (TPSA) is 108 Å². The molecule has 0 unspecified atom stereocenters. The number of epoxide rings is 1. The summed E-state index contributed by atoms with van der Waals surface area (Å²) in [6, 6.07) is 9.25. The number of rotatable bonds is 5. The average molecular weight is 553 g/mol. The molecule has 0 N–H and O–H groups in total. The van der Waals surface area contributed by atoms with Gasteiger partial charge in [-0.05, 0) is 54.1 Å². The highest BCUT2D eigenvalue weighted by molar-refractivity contribution is 6.03. The van der Waals surface area contributed by atoms with Crippen molar-refractivity contribution in [3.05, 3.63) is 47.5 Å². The quantitative estimate of drug-likeness (QED) is 0.301. The number of allylic oxidation sites excluding steroid dienone is 1. The van der Waals surface area contributed by atoms with Gasteiger partial charge in [0.2, 0.25) is 5.78 Å². The van der Waals surface area contributed by atoms with Gasteiger partial charge in [0, 0.05) is 20.3 Å². The molecule has 4 aliphatic rings. The number of carbonyl (C=O) groups is 4. The van der Waals surface area contributed by atoms with E-state index in [2.05, 4.69) is 13.8 Å². The number of hydrogen-bond donors (Lipinski definition) is 0. The highest BCUT2D eigenvalue weighted by Gasteiger charge is 2.71. The third kappa shape index (κ3) is 5.00. The fourth-order valence-electron chi connectivity index (χ4n) is 7.55. The van der Waals surface area contributed by atoms with Crippen molar-refractivity contribution in [3.63, 3.8) is 0 Å². The molecule has 1 saturated heterocycles. The van der Waals surface area contributed by atoms with Gasteiger partial charge in [-0.25, -0.2) is 0 Å². The van der Waals surface area contributed by atoms with E-state index in [-0.39, 0.29) is 35.9 Å². The summed E-state index contributed by atoms with van der Waals surface area (Å²) in [5, 5.41) is 0. The Labute approximate surface area is 235 Å². The molecule has 3 aliphatic carbocycles. The van der Waals surface area contributed by atoms with Gasteiger partial charge in [-0.1, -0.05) is 57.2 Å². The largest absolute Gasteiger partial charge is 0.461 e. The van der Waals surface area contributed by atoms with Crippen LogP contribution in [0.3, 0.4) is 0 Å². The van der Waals surface area contributed by atoms with Gasteiger partial charge in [0.05, 0.1) is 18.9 Å². The molecule has 8 atom stereocenters. The van der Waals surface area contributed by atoms with Gasteiger partial charge in [0.25, 0.3) is 0 Å². The van der Waals surface area contributed by atoms with Crippen molar-refractivity contribution in [1.29, 1.82) is 0 Å². The maximum Gasteiger partial charge on any atom is 0.310 e. The Morgan fingerprint density at radius 2 is 1.73 bits per heavy atom. The number of benzene rings is 1. The van der Waals surface area contributed by atoms with Crippen LogP contribution >= 0.6 is 0 Å². The van der Waals surface area contributed by atoms with Crippen LogP contribution < -0.4 is 0 Å². The van der Waals surface area contributed by atoms with Crippen LogP contribution in [-0.2, 0) is 44.5 Å². The Balaban J connectivity index is 1.61. The predicted octanol–water partition coefficient (Wildman–Crippen LogP) is 4.38. The zero-order valence-corrected chi connectivity index (χ0v) is 24.2. The molecular formula is C32H40O8. The number of hydrogen-bond acceptors (Lipinski definition) is 8. The van der Waals surface area contributed by atoms with E-state index in [1.165, 1.54) is 13.8 Å². The van der Waals surface area contributed by atoms with Gasteiger partial charge in [-0.3, -0.25) is 19.2 Å². The molecular weight excluding hydrogens is 512 g/mol. The normalized spacial score (nSPS) is 39.0. The minimum absolute atomic E-state index is 0.0141. The van der Waals surface area contributed by atoms with Crippen LogP contribution in [0.4, 0.5) is 0 Å². The Kier molecular flexibility index (Phi) is 7.22. The van der Waals surface area contributed by atoms with Crippen molar-refractivity contribution in [1.82, 2.24) is 0 Å². The van der Waals surface area contributed by atoms with Crippen LogP contribution in [0.25, 0.3) is 0 Å². The van der Waals surface area contributed by atoms with E-state index in [1.54, 1.807) is 6.92 Å². The van der Waals surface area contributed by atoms with Crippen molar-refractivity contribution < 1.29 is 38.1 Å². The summed E-state index contributed by atoms with van der Waals surface area (Å²) in [5.41, 5.74) is -1.22. The van der Waals surface area contributed by atoms with Crippen molar-refractivity contribution in [3.8, 4) is 0 Å². The lowest BCUT2D eigenvalue weighted by Crippen LogP contribution is -2.58. The lowest BCUT2D eigenvalue weighted by Gasteiger charge is -2.41. The molecule has 2 saturated carbocycles. The molecule has 8 heteroatoms. The van der Waals surface area contributed by atoms with E-state index < -0.39 is 47.2 Å².